The van der Waals surface area contributed by atoms with Crippen molar-refractivity contribution in [2.45, 2.75) is 26.3 Å². The third-order valence-corrected chi connectivity index (χ3v) is 2.94. The summed E-state index contributed by atoms with van der Waals surface area (Å²) >= 11 is 0. The lowest BCUT2D eigenvalue weighted by Gasteiger charge is -2.22. The molecule has 0 spiro atoms. The molecule has 0 aliphatic carbocycles. The highest BCUT2D eigenvalue weighted by atomic mass is 16.2. The van der Waals surface area contributed by atoms with Crippen LogP contribution in [0.5, 0.6) is 0 Å². The Bertz CT molecular complexity index is 499. The average Bonchev–Trinajstić information content (AvgIpc) is 2.46. The molecule has 1 aliphatic heterocycles. The van der Waals surface area contributed by atoms with Gasteiger partial charge in [-0.25, -0.2) is 5.43 Å². The molecular formula is C13H16N4O2. The Balaban J connectivity index is 2.05. The second kappa shape index (κ2) is 6.08. The van der Waals surface area contributed by atoms with Crippen LogP contribution in [0, 0.1) is 0 Å². The van der Waals surface area contributed by atoms with Crippen LogP contribution in [0.3, 0.4) is 0 Å². The van der Waals surface area contributed by atoms with Gasteiger partial charge in [-0.2, -0.15) is 5.10 Å². The smallest absolute Gasteiger partial charge is 0.270 e. The van der Waals surface area contributed by atoms with Gasteiger partial charge in [0.05, 0.1) is 0 Å². The van der Waals surface area contributed by atoms with Crippen molar-refractivity contribution in [3.8, 4) is 0 Å². The Morgan fingerprint density at radius 2 is 2.11 bits per heavy atom. The molecule has 0 unspecified atom stereocenters. The van der Waals surface area contributed by atoms with Crippen molar-refractivity contribution in [2.24, 2.45) is 5.10 Å². The largest absolute Gasteiger partial charge is 0.333 e. The van der Waals surface area contributed by atoms with Crippen LogP contribution in [0.1, 0.15) is 25.3 Å². The number of pyridine rings is 1. The van der Waals surface area contributed by atoms with Crippen LogP contribution in [0.15, 0.2) is 29.6 Å². The zero-order valence-electron chi connectivity index (χ0n) is 10.8. The zero-order chi connectivity index (χ0) is 13.7. The number of hydrogen-bond acceptors (Lipinski definition) is 4. The Hall–Kier alpha value is -2.24. The molecule has 0 aromatic carbocycles. The topological polar surface area (TPSA) is 74.7 Å². The highest BCUT2D eigenvalue weighted by molar-refractivity contribution is 6.39. The first-order valence-electron chi connectivity index (χ1n) is 6.24. The summed E-state index contributed by atoms with van der Waals surface area (Å²) in [4.78, 5) is 28.9. The van der Waals surface area contributed by atoms with Crippen LogP contribution < -0.4 is 5.43 Å². The molecule has 1 N–H and O–H groups in total. The summed E-state index contributed by atoms with van der Waals surface area (Å²) in [7, 11) is 0. The second-order valence-corrected chi connectivity index (χ2v) is 4.27. The minimum Gasteiger partial charge on any atom is -0.333 e. The number of amides is 2. The first-order chi connectivity index (χ1) is 9.20. The van der Waals surface area contributed by atoms with E-state index in [0.717, 1.165) is 5.56 Å². The number of carbonyl (C=O) groups excluding carboxylic acids is 2. The van der Waals surface area contributed by atoms with Crippen molar-refractivity contribution in [2.75, 3.05) is 6.54 Å². The average molecular weight is 260 g/mol. The maximum atomic E-state index is 12.3. The van der Waals surface area contributed by atoms with E-state index in [4.69, 9.17) is 0 Å². The molecule has 0 atom stereocenters. The fourth-order valence-electron chi connectivity index (χ4n) is 1.85. The number of nitrogens with zero attached hydrogens (tertiary/aromatic N) is 3. The molecule has 0 radical (unpaired) electrons. The summed E-state index contributed by atoms with van der Waals surface area (Å²) < 4.78 is 0. The molecule has 1 aromatic rings. The van der Waals surface area contributed by atoms with Crippen molar-refractivity contribution in [3.05, 3.63) is 30.1 Å². The van der Waals surface area contributed by atoms with Gasteiger partial charge in [0.1, 0.15) is 5.71 Å². The van der Waals surface area contributed by atoms with Gasteiger partial charge in [0.15, 0.2) is 0 Å². The normalized spacial score (nSPS) is 14.6. The van der Waals surface area contributed by atoms with E-state index in [1.807, 2.05) is 19.1 Å². The van der Waals surface area contributed by atoms with Crippen molar-refractivity contribution in [1.29, 1.82) is 0 Å². The summed E-state index contributed by atoms with van der Waals surface area (Å²) in [5.41, 5.74) is 3.78. The van der Waals surface area contributed by atoms with Crippen LogP contribution in [-0.4, -0.2) is 34.0 Å². The van der Waals surface area contributed by atoms with Crippen LogP contribution in [0.25, 0.3) is 0 Å². The first kappa shape index (κ1) is 13.2. The van der Waals surface area contributed by atoms with Crippen molar-refractivity contribution >= 4 is 17.5 Å². The SMILES string of the molecule is CCN(Cc1ccncc1)C(=O)C1=NNC(=O)CC1. The maximum absolute atomic E-state index is 12.3. The lowest BCUT2D eigenvalue weighted by atomic mass is 10.1. The van der Waals surface area contributed by atoms with Gasteiger partial charge in [-0.05, 0) is 24.6 Å². The van der Waals surface area contributed by atoms with Crippen LogP contribution in [0.2, 0.25) is 0 Å². The van der Waals surface area contributed by atoms with Crippen LogP contribution in [-0.2, 0) is 16.1 Å². The minimum atomic E-state index is -0.145. The Kier molecular flexibility index (Phi) is 4.22. The summed E-state index contributed by atoms with van der Waals surface area (Å²) in [5.74, 6) is -0.270. The van der Waals surface area contributed by atoms with Gasteiger partial charge in [0.2, 0.25) is 5.91 Å². The van der Waals surface area contributed by atoms with Gasteiger partial charge < -0.3 is 4.90 Å². The molecule has 6 heteroatoms. The Morgan fingerprint density at radius 3 is 2.68 bits per heavy atom. The molecule has 2 heterocycles. The van der Waals surface area contributed by atoms with Crippen molar-refractivity contribution in [1.82, 2.24) is 15.3 Å². The third kappa shape index (κ3) is 3.37. The standard InChI is InChI=1S/C13H16N4O2/c1-2-17(9-10-5-7-14-8-6-10)13(19)11-3-4-12(18)16-15-11/h5-8H,2-4,9H2,1H3,(H,16,18). The highest BCUT2D eigenvalue weighted by Gasteiger charge is 2.22. The number of nitrogens with one attached hydrogen (secondary N) is 1. The van der Waals surface area contributed by atoms with E-state index in [2.05, 4.69) is 15.5 Å². The predicted octanol–water partition coefficient (Wildman–Crippen LogP) is 0.696. The van der Waals surface area contributed by atoms with E-state index in [-0.39, 0.29) is 11.8 Å². The molecule has 0 bridgehead atoms. The summed E-state index contributed by atoms with van der Waals surface area (Å²) in [5, 5.41) is 3.83. The highest BCUT2D eigenvalue weighted by Crippen LogP contribution is 2.08. The molecule has 0 fully saturated rings. The third-order valence-electron chi connectivity index (χ3n) is 2.94. The molecule has 6 nitrogen and oxygen atoms in total. The monoisotopic (exact) mass is 260 g/mol. The van der Waals surface area contributed by atoms with Gasteiger partial charge >= 0.3 is 0 Å². The van der Waals surface area contributed by atoms with E-state index in [0.29, 0.717) is 31.6 Å². The predicted molar refractivity (Wildman–Crippen MR) is 70.1 cm³/mol. The van der Waals surface area contributed by atoms with Gasteiger partial charge in [0.25, 0.3) is 5.91 Å². The lowest BCUT2D eigenvalue weighted by Crippen LogP contribution is -2.39. The Morgan fingerprint density at radius 1 is 1.37 bits per heavy atom. The fourth-order valence-corrected chi connectivity index (χ4v) is 1.85. The number of carbonyl (C=O) groups is 2. The summed E-state index contributed by atoms with van der Waals surface area (Å²) in [6, 6.07) is 3.75. The molecule has 1 aliphatic rings. The molecular weight excluding hydrogens is 244 g/mol. The maximum Gasteiger partial charge on any atom is 0.270 e. The molecule has 19 heavy (non-hydrogen) atoms. The van der Waals surface area contributed by atoms with Gasteiger partial charge in [-0.15, -0.1) is 0 Å². The summed E-state index contributed by atoms with van der Waals surface area (Å²) in [6.07, 6.45) is 4.12. The van der Waals surface area contributed by atoms with Gasteiger partial charge in [-0.1, -0.05) is 0 Å². The van der Waals surface area contributed by atoms with E-state index in [9.17, 15) is 9.59 Å². The van der Waals surface area contributed by atoms with Crippen LogP contribution >= 0.6 is 0 Å². The zero-order valence-corrected chi connectivity index (χ0v) is 10.8. The lowest BCUT2D eigenvalue weighted by molar-refractivity contribution is -0.125. The Labute approximate surface area is 111 Å². The van der Waals surface area contributed by atoms with E-state index < -0.39 is 0 Å². The molecule has 2 amide bonds. The summed E-state index contributed by atoms with van der Waals surface area (Å²) in [6.45, 7) is 3.03. The molecule has 100 valence electrons. The first-order valence-corrected chi connectivity index (χ1v) is 6.24. The van der Waals surface area contributed by atoms with E-state index in [1.54, 1.807) is 17.3 Å². The van der Waals surface area contributed by atoms with Crippen LogP contribution in [0.4, 0.5) is 0 Å². The van der Waals surface area contributed by atoms with Gasteiger partial charge in [0, 0.05) is 38.3 Å². The number of rotatable bonds is 4. The van der Waals surface area contributed by atoms with E-state index >= 15 is 0 Å². The molecule has 2 rings (SSSR count). The second-order valence-electron chi connectivity index (χ2n) is 4.27. The quantitative estimate of drug-likeness (QED) is 0.865. The molecule has 0 saturated heterocycles. The van der Waals surface area contributed by atoms with Crippen molar-refractivity contribution < 1.29 is 9.59 Å². The minimum absolute atomic E-state index is 0.126. The van der Waals surface area contributed by atoms with Crippen molar-refractivity contribution in [3.63, 3.8) is 0 Å². The molecule has 1 aromatic heterocycles. The number of hydrogen-bond donors (Lipinski definition) is 1. The molecule has 0 saturated carbocycles. The number of aromatic nitrogens is 1. The van der Waals surface area contributed by atoms with Gasteiger partial charge in [-0.3, -0.25) is 14.6 Å². The number of hydrazone groups is 1. The fraction of sp³-hybridized carbons (Fsp3) is 0.385. The van der Waals surface area contributed by atoms with E-state index in [1.165, 1.54) is 0 Å².